The van der Waals surface area contributed by atoms with Crippen LogP contribution in [0.3, 0.4) is 0 Å². The van der Waals surface area contributed by atoms with Crippen molar-refractivity contribution < 1.29 is 9.84 Å². The molecule has 0 bridgehead atoms. The largest absolute Gasteiger partial charge is 0.385 e. The van der Waals surface area contributed by atoms with Crippen molar-refractivity contribution in [3.05, 3.63) is 21.3 Å². The van der Waals surface area contributed by atoms with Crippen molar-refractivity contribution >= 4 is 34.7 Å². The molecule has 0 spiro atoms. The van der Waals surface area contributed by atoms with E-state index in [9.17, 15) is 5.11 Å². The van der Waals surface area contributed by atoms with Crippen molar-refractivity contribution in [1.29, 1.82) is 0 Å². The quantitative estimate of drug-likeness (QED) is 0.875. The summed E-state index contributed by atoms with van der Waals surface area (Å²) >= 11 is 9.04. The summed E-state index contributed by atoms with van der Waals surface area (Å²) in [7, 11) is 0. The molecule has 2 unspecified atom stereocenters. The van der Waals surface area contributed by atoms with Gasteiger partial charge in [0.1, 0.15) is 6.10 Å². The summed E-state index contributed by atoms with van der Waals surface area (Å²) in [6.07, 6.45) is -0.608. The van der Waals surface area contributed by atoms with Crippen LogP contribution in [0.25, 0.3) is 0 Å². The molecule has 1 aromatic heterocycles. The van der Waals surface area contributed by atoms with Crippen molar-refractivity contribution in [3.8, 4) is 0 Å². The van der Waals surface area contributed by atoms with Crippen molar-refractivity contribution in [1.82, 2.24) is 0 Å². The fourth-order valence-corrected chi connectivity index (χ4v) is 3.35. The molecular weight excluding hydrogens is 240 g/mol. The standard InChI is InChI=1S/C9H11ClO2S2/c10-8-2-1-7(14-8)9(11)6-5-13-4-3-12-6/h1-2,6,9,11H,3-5H2. The van der Waals surface area contributed by atoms with E-state index in [2.05, 4.69) is 0 Å². The Kier molecular flexibility index (Phi) is 3.73. The van der Waals surface area contributed by atoms with Gasteiger partial charge in [0.25, 0.3) is 0 Å². The van der Waals surface area contributed by atoms with Crippen LogP contribution in [-0.4, -0.2) is 29.3 Å². The van der Waals surface area contributed by atoms with Gasteiger partial charge in [-0.05, 0) is 12.1 Å². The highest BCUT2D eigenvalue weighted by atomic mass is 35.5. The maximum absolute atomic E-state index is 9.97. The van der Waals surface area contributed by atoms with Crippen LogP contribution in [0.5, 0.6) is 0 Å². The van der Waals surface area contributed by atoms with Gasteiger partial charge in [0.05, 0.1) is 17.0 Å². The van der Waals surface area contributed by atoms with E-state index in [0.717, 1.165) is 23.0 Å². The normalized spacial score (nSPS) is 24.9. The minimum atomic E-state index is -0.528. The molecule has 78 valence electrons. The first kappa shape index (κ1) is 10.8. The second kappa shape index (κ2) is 4.86. The minimum Gasteiger partial charge on any atom is -0.385 e. The molecule has 2 heterocycles. The fraction of sp³-hybridized carbons (Fsp3) is 0.556. The van der Waals surface area contributed by atoms with Crippen LogP contribution in [0.1, 0.15) is 11.0 Å². The maximum Gasteiger partial charge on any atom is 0.115 e. The average Bonchev–Trinajstić information content (AvgIpc) is 2.65. The van der Waals surface area contributed by atoms with Crippen molar-refractivity contribution in [2.75, 3.05) is 18.1 Å². The molecule has 0 radical (unpaired) electrons. The first-order valence-corrected chi connectivity index (χ1v) is 6.75. The number of hydrogen-bond acceptors (Lipinski definition) is 4. The van der Waals surface area contributed by atoms with E-state index in [1.807, 2.05) is 17.8 Å². The molecule has 2 rings (SSSR count). The molecule has 0 saturated carbocycles. The molecule has 1 aliphatic heterocycles. The van der Waals surface area contributed by atoms with Crippen LogP contribution in [0.2, 0.25) is 4.34 Å². The monoisotopic (exact) mass is 250 g/mol. The SMILES string of the molecule is OC(c1ccc(Cl)s1)C1CSCCO1. The van der Waals surface area contributed by atoms with E-state index in [-0.39, 0.29) is 6.10 Å². The number of halogens is 1. The molecule has 1 N–H and O–H groups in total. The summed E-state index contributed by atoms with van der Waals surface area (Å²) in [6.45, 7) is 0.728. The van der Waals surface area contributed by atoms with Crippen molar-refractivity contribution in [3.63, 3.8) is 0 Å². The van der Waals surface area contributed by atoms with Gasteiger partial charge in [-0.2, -0.15) is 11.8 Å². The van der Waals surface area contributed by atoms with E-state index >= 15 is 0 Å². The van der Waals surface area contributed by atoms with Crippen LogP contribution in [0.15, 0.2) is 12.1 Å². The van der Waals surface area contributed by atoms with Gasteiger partial charge in [-0.25, -0.2) is 0 Å². The first-order chi connectivity index (χ1) is 6.77. The van der Waals surface area contributed by atoms with Gasteiger partial charge in [-0.15, -0.1) is 11.3 Å². The number of aliphatic hydroxyl groups is 1. The maximum atomic E-state index is 9.97. The highest BCUT2D eigenvalue weighted by Gasteiger charge is 2.25. The predicted molar refractivity (Wildman–Crippen MR) is 61.4 cm³/mol. The zero-order valence-electron chi connectivity index (χ0n) is 7.48. The first-order valence-electron chi connectivity index (χ1n) is 4.40. The number of hydrogen-bond donors (Lipinski definition) is 1. The highest BCUT2D eigenvalue weighted by molar-refractivity contribution is 7.99. The third-order valence-corrected chi connectivity index (χ3v) is 4.40. The van der Waals surface area contributed by atoms with Gasteiger partial charge in [-0.3, -0.25) is 0 Å². The summed E-state index contributed by atoms with van der Waals surface area (Å²) in [5.74, 6) is 1.88. The lowest BCUT2D eigenvalue weighted by Crippen LogP contribution is -2.29. The summed E-state index contributed by atoms with van der Waals surface area (Å²) in [5, 5.41) is 9.97. The van der Waals surface area contributed by atoms with Crippen LogP contribution < -0.4 is 0 Å². The minimum absolute atomic E-state index is 0.0801. The molecule has 1 saturated heterocycles. The van der Waals surface area contributed by atoms with Gasteiger partial charge in [0.2, 0.25) is 0 Å². The van der Waals surface area contributed by atoms with Crippen LogP contribution in [0, 0.1) is 0 Å². The number of aliphatic hydroxyl groups excluding tert-OH is 1. The Hall–Kier alpha value is 0.260. The Morgan fingerprint density at radius 3 is 3.00 bits per heavy atom. The molecule has 14 heavy (non-hydrogen) atoms. The van der Waals surface area contributed by atoms with Crippen molar-refractivity contribution in [2.45, 2.75) is 12.2 Å². The zero-order valence-corrected chi connectivity index (χ0v) is 9.87. The lowest BCUT2D eigenvalue weighted by atomic mass is 10.2. The molecule has 2 atom stereocenters. The lowest BCUT2D eigenvalue weighted by Gasteiger charge is -2.25. The molecule has 1 fully saturated rings. The van der Waals surface area contributed by atoms with Gasteiger partial charge in [-0.1, -0.05) is 11.6 Å². The predicted octanol–water partition coefficient (Wildman–Crippen LogP) is 2.57. The Labute approximate surface area is 96.2 Å². The Bertz CT molecular complexity index is 297. The van der Waals surface area contributed by atoms with E-state index in [1.165, 1.54) is 11.3 Å². The molecule has 1 aromatic rings. The second-order valence-corrected chi connectivity index (χ2v) is 5.97. The summed E-state index contributed by atoms with van der Waals surface area (Å²) < 4.78 is 6.21. The fourth-order valence-electron chi connectivity index (χ4n) is 1.36. The summed E-state index contributed by atoms with van der Waals surface area (Å²) in [4.78, 5) is 0.891. The number of thioether (sulfide) groups is 1. The Morgan fingerprint density at radius 1 is 1.57 bits per heavy atom. The molecule has 0 aliphatic carbocycles. The Morgan fingerprint density at radius 2 is 2.43 bits per heavy atom. The summed E-state index contributed by atoms with van der Waals surface area (Å²) in [6, 6.07) is 3.67. The van der Waals surface area contributed by atoms with E-state index < -0.39 is 6.10 Å². The summed E-state index contributed by atoms with van der Waals surface area (Å²) in [5.41, 5.74) is 0. The van der Waals surface area contributed by atoms with Gasteiger partial charge in [0, 0.05) is 16.4 Å². The van der Waals surface area contributed by atoms with E-state index in [1.54, 1.807) is 6.07 Å². The molecule has 5 heteroatoms. The number of rotatable bonds is 2. The van der Waals surface area contributed by atoms with Gasteiger partial charge < -0.3 is 9.84 Å². The second-order valence-electron chi connectivity index (χ2n) is 3.07. The number of thiophene rings is 1. The smallest absolute Gasteiger partial charge is 0.115 e. The molecule has 1 aliphatic rings. The van der Waals surface area contributed by atoms with Crippen LogP contribution >= 0.6 is 34.7 Å². The van der Waals surface area contributed by atoms with E-state index in [4.69, 9.17) is 16.3 Å². The van der Waals surface area contributed by atoms with Crippen LogP contribution in [-0.2, 0) is 4.74 Å². The molecule has 0 amide bonds. The third kappa shape index (κ3) is 2.44. The molecule has 2 nitrogen and oxygen atoms in total. The van der Waals surface area contributed by atoms with Crippen molar-refractivity contribution in [2.24, 2.45) is 0 Å². The topological polar surface area (TPSA) is 29.5 Å². The number of ether oxygens (including phenoxy) is 1. The van der Waals surface area contributed by atoms with Gasteiger partial charge >= 0.3 is 0 Å². The third-order valence-electron chi connectivity index (χ3n) is 2.08. The molecular formula is C9H11ClO2S2. The Balaban J connectivity index is 2.03. The lowest BCUT2D eigenvalue weighted by molar-refractivity contribution is -0.0211. The van der Waals surface area contributed by atoms with Gasteiger partial charge in [0.15, 0.2) is 0 Å². The average molecular weight is 251 g/mol. The molecule has 0 aromatic carbocycles. The van der Waals surface area contributed by atoms with E-state index in [0.29, 0.717) is 4.34 Å². The highest BCUT2D eigenvalue weighted by Crippen LogP contribution is 2.31. The van der Waals surface area contributed by atoms with Crippen LogP contribution in [0.4, 0.5) is 0 Å². The zero-order chi connectivity index (χ0) is 9.97.